The van der Waals surface area contributed by atoms with E-state index in [1.807, 2.05) is 24.3 Å². The van der Waals surface area contributed by atoms with E-state index in [0.717, 1.165) is 5.75 Å². The van der Waals surface area contributed by atoms with Crippen molar-refractivity contribution in [3.8, 4) is 11.5 Å². The SMILES string of the molecule is CCOC(=O)CC(=O)N1CCS[C@H]1COc1ccccc1OC. The number of methoxy groups -OCH3 is 1. The van der Waals surface area contributed by atoms with E-state index in [1.165, 1.54) is 0 Å². The molecule has 0 unspecified atom stereocenters. The van der Waals surface area contributed by atoms with Crippen molar-refractivity contribution in [1.82, 2.24) is 4.90 Å². The van der Waals surface area contributed by atoms with Crippen molar-refractivity contribution in [2.45, 2.75) is 18.7 Å². The van der Waals surface area contributed by atoms with Crippen LogP contribution >= 0.6 is 11.8 Å². The maximum absolute atomic E-state index is 12.2. The summed E-state index contributed by atoms with van der Waals surface area (Å²) in [6.07, 6.45) is -0.223. The van der Waals surface area contributed by atoms with Crippen LogP contribution in [0.5, 0.6) is 11.5 Å². The van der Waals surface area contributed by atoms with Crippen LogP contribution in [-0.2, 0) is 14.3 Å². The zero-order valence-corrected chi connectivity index (χ0v) is 14.1. The molecule has 6 nitrogen and oxygen atoms in total. The molecule has 0 saturated carbocycles. The number of ether oxygens (including phenoxy) is 3. The molecule has 1 aromatic rings. The molecule has 23 heavy (non-hydrogen) atoms. The van der Waals surface area contributed by atoms with Crippen LogP contribution in [0.2, 0.25) is 0 Å². The molecule has 1 heterocycles. The van der Waals surface area contributed by atoms with Gasteiger partial charge in [0.05, 0.1) is 13.7 Å². The number of amides is 1. The summed E-state index contributed by atoms with van der Waals surface area (Å²) in [6.45, 7) is 2.96. The number of nitrogens with zero attached hydrogens (tertiary/aromatic N) is 1. The zero-order valence-electron chi connectivity index (χ0n) is 13.3. The number of esters is 1. The average Bonchev–Trinajstić information content (AvgIpc) is 3.02. The van der Waals surface area contributed by atoms with Gasteiger partial charge < -0.3 is 19.1 Å². The molecule has 1 aliphatic heterocycles. The highest BCUT2D eigenvalue weighted by Gasteiger charge is 2.31. The van der Waals surface area contributed by atoms with Gasteiger partial charge in [-0.05, 0) is 19.1 Å². The molecule has 1 amide bonds. The average molecular weight is 339 g/mol. The second-order valence-corrected chi connectivity index (χ2v) is 6.14. The van der Waals surface area contributed by atoms with Crippen LogP contribution in [0.3, 0.4) is 0 Å². The van der Waals surface area contributed by atoms with Crippen LogP contribution in [0.25, 0.3) is 0 Å². The van der Waals surface area contributed by atoms with Gasteiger partial charge in [0, 0.05) is 12.3 Å². The Morgan fingerprint density at radius 2 is 2.04 bits per heavy atom. The molecule has 0 spiro atoms. The minimum absolute atomic E-state index is 0.109. The number of carbonyl (C=O) groups excluding carboxylic acids is 2. The Hall–Kier alpha value is -1.89. The molecular weight excluding hydrogens is 318 g/mol. The largest absolute Gasteiger partial charge is 0.493 e. The van der Waals surface area contributed by atoms with Gasteiger partial charge >= 0.3 is 5.97 Å². The van der Waals surface area contributed by atoms with E-state index in [1.54, 1.807) is 30.7 Å². The van der Waals surface area contributed by atoms with E-state index in [4.69, 9.17) is 14.2 Å². The topological polar surface area (TPSA) is 65.1 Å². The lowest BCUT2D eigenvalue weighted by Gasteiger charge is -2.24. The summed E-state index contributed by atoms with van der Waals surface area (Å²) in [7, 11) is 1.59. The quantitative estimate of drug-likeness (QED) is 0.559. The number of rotatable bonds is 7. The normalized spacial score (nSPS) is 17.0. The van der Waals surface area contributed by atoms with Crippen LogP contribution in [0.4, 0.5) is 0 Å². The Balaban J connectivity index is 1.91. The number of thioether (sulfide) groups is 1. The number of para-hydroxylation sites is 2. The van der Waals surface area contributed by atoms with E-state index in [2.05, 4.69) is 0 Å². The van der Waals surface area contributed by atoms with Gasteiger partial charge in [-0.1, -0.05) is 12.1 Å². The first kappa shape index (κ1) is 17.5. The second kappa shape index (κ2) is 8.67. The van der Waals surface area contributed by atoms with Crippen LogP contribution < -0.4 is 9.47 Å². The summed E-state index contributed by atoms with van der Waals surface area (Å²) < 4.78 is 15.9. The molecule has 126 valence electrons. The molecule has 0 radical (unpaired) electrons. The number of benzene rings is 1. The minimum Gasteiger partial charge on any atom is -0.493 e. The highest BCUT2D eigenvalue weighted by Crippen LogP contribution is 2.29. The van der Waals surface area contributed by atoms with Crippen molar-refractivity contribution in [3.05, 3.63) is 24.3 Å². The van der Waals surface area contributed by atoms with Crippen LogP contribution in [0.1, 0.15) is 13.3 Å². The van der Waals surface area contributed by atoms with Crippen molar-refractivity contribution in [2.75, 3.05) is 32.6 Å². The molecule has 0 aromatic heterocycles. The zero-order chi connectivity index (χ0) is 16.7. The van der Waals surface area contributed by atoms with Gasteiger partial charge in [-0.3, -0.25) is 9.59 Å². The minimum atomic E-state index is -0.487. The van der Waals surface area contributed by atoms with Crippen molar-refractivity contribution >= 4 is 23.6 Å². The monoisotopic (exact) mass is 339 g/mol. The molecule has 1 fully saturated rings. The first-order valence-electron chi connectivity index (χ1n) is 7.48. The first-order valence-corrected chi connectivity index (χ1v) is 8.53. The maximum Gasteiger partial charge on any atom is 0.315 e. The third-order valence-electron chi connectivity index (χ3n) is 3.36. The van der Waals surface area contributed by atoms with E-state index in [-0.39, 0.29) is 24.3 Å². The predicted molar refractivity (Wildman–Crippen MR) is 87.7 cm³/mol. The molecule has 0 N–H and O–H groups in total. The lowest BCUT2D eigenvalue weighted by atomic mass is 10.3. The Labute approximate surface area is 140 Å². The van der Waals surface area contributed by atoms with E-state index >= 15 is 0 Å². The molecule has 7 heteroatoms. The molecule has 1 atom stereocenters. The molecule has 1 saturated heterocycles. The van der Waals surface area contributed by atoms with E-state index < -0.39 is 5.97 Å². The van der Waals surface area contributed by atoms with Crippen LogP contribution in [-0.4, -0.2) is 54.8 Å². The number of hydrogen-bond acceptors (Lipinski definition) is 6. The Bertz CT molecular complexity index is 551. The van der Waals surface area contributed by atoms with E-state index in [0.29, 0.717) is 24.7 Å². The maximum atomic E-state index is 12.2. The molecule has 0 aliphatic carbocycles. The van der Waals surface area contributed by atoms with Crippen molar-refractivity contribution in [1.29, 1.82) is 0 Å². The standard InChI is InChI=1S/C16H21NO5S/c1-3-21-16(19)10-14(18)17-8-9-23-15(17)11-22-13-7-5-4-6-12(13)20-2/h4-7,15H,3,8-11H2,1-2H3/t15-/m0/s1. The predicted octanol–water partition coefficient (Wildman–Crippen LogP) is 1.93. The smallest absolute Gasteiger partial charge is 0.315 e. The molecular formula is C16H21NO5S. The van der Waals surface area contributed by atoms with Gasteiger partial charge in [-0.2, -0.15) is 0 Å². The highest BCUT2D eigenvalue weighted by atomic mass is 32.2. The lowest BCUT2D eigenvalue weighted by Crippen LogP contribution is -2.39. The summed E-state index contributed by atoms with van der Waals surface area (Å²) >= 11 is 1.64. The van der Waals surface area contributed by atoms with Gasteiger partial charge in [-0.25, -0.2) is 0 Å². The van der Waals surface area contributed by atoms with Crippen molar-refractivity contribution in [2.24, 2.45) is 0 Å². The molecule has 1 aromatic carbocycles. The summed E-state index contributed by atoms with van der Waals surface area (Å²) in [4.78, 5) is 25.3. The number of hydrogen-bond donors (Lipinski definition) is 0. The highest BCUT2D eigenvalue weighted by molar-refractivity contribution is 8.00. The van der Waals surface area contributed by atoms with Crippen LogP contribution in [0, 0.1) is 0 Å². The fourth-order valence-corrected chi connectivity index (χ4v) is 3.42. The van der Waals surface area contributed by atoms with E-state index in [9.17, 15) is 9.59 Å². The Morgan fingerprint density at radius 3 is 2.74 bits per heavy atom. The van der Waals surface area contributed by atoms with Crippen molar-refractivity contribution in [3.63, 3.8) is 0 Å². The fourth-order valence-electron chi connectivity index (χ4n) is 2.28. The van der Waals surface area contributed by atoms with Gasteiger partial charge in [0.15, 0.2) is 11.5 Å². The number of carbonyl (C=O) groups is 2. The first-order chi connectivity index (χ1) is 11.2. The third kappa shape index (κ3) is 4.79. The summed E-state index contributed by atoms with van der Waals surface area (Å²) in [5.74, 6) is 1.41. The van der Waals surface area contributed by atoms with Crippen LogP contribution in [0.15, 0.2) is 24.3 Å². The Morgan fingerprint density at radius 1 is 1.30 bits per heavy atom. The summed E-state index contributed by atoms with van der Waals surface area (Å²) in [6, 6.07) is 7.37. The van der Waals surface area contributed by atoms with Gasteiger partial charge in [0.1, 0.15) is 18.4 Å². The molecule has 1 aliphatic rings. The van der Waals surface area contributed by atoms with Gasteiger partial charge in [0.25, 0.3) is 0 Å². The van der Waals surface area contributed by atoms with Gasteiger partial charge in [-0.15, -0.1) is 11.8 Å². The lowest BCUT2D eigenvalue weighted by molar-refractivity contribution is -0.148. The fraction of sp³-hybridized carbons (Fsp3) is 0.500. The molecule has 2 rings (SSSR count). The molecule has 0 bridgehead atoms. The second-order valence-electron chi connectivity index (χ2n) is 4.86. The third-order valence-corrected chi connectivity index (χ3v) is 4.56. The summed E-state index contributed by atoms with van der Waals surface area (Å²) in [5.41, 5.74) is 0. The van der Waals surface area contributed by atoms with Gasteiger partial charge in [0.2, 0.25) is 5.91 Å². The summed E-state index contributed by atoms with van der Waals surface area (Å²) in [5, 5.41) is -0.109. The Kier molecular flexibility index (Phi) is 6.58. The van der Waals surface area contributed by atoms with Crippen molar-refractivity contribution < 1.29 is 23.8 Å².